The number of benzene rings is 9. The normalized spacial score (nSPS) is 12.6. The summed E-state index contributed by atoms with van der Waals surface area (Å²) >= 11 is 1.86. The molecule has 290 valence electrons. The SMILES string of the molecule is c1ccc(-c2ccccc2-c2nc(-c3ccc(-c4cccc5c4sc4ccccc45)cc3)cc(-c3ccc4c(c3)C(c3ccccc3)(c3ccccc3)c3ccccc3-4)n2)cc1. The van der Waals surface area contributed by atoms with Crippen molar-refractivity contribution in [3.63, 3.8) is 0 Å². The average molecular weight is 807 g/mol. The van der Waals surface area contributed by atoms with Gasteiger partial charge in [0.25, 0.3) is 0 Å². The van der Waals surface area contributed by atoms with E-state index in [1.165, 1.54) is 64.7 Å². The van der Waals surface area contributed by atoms with E-state index in [9.17, 15) is 0 Å². The van der Waals surface area contributed by atoms with Crippen molar-refractivity contribution in [2.45, 2.75) is 5.41 Å². The lowest BCUT2D eigenvalue weighted by Gasteiger charge is -2.34. The molecule has 0 atom stereocenters. The number of aromatic nitrogens is 2. The number of nitrogens with zero attached hydrogens (tertiary/aromatic N) is 2. The second-order valence-electron chi connectivity index (χ2n) is 16.0. The van der Waals surface area contributed by atoms with Crippen LogP contribution in [0.1, 0.15) is 22.3 Å². The third-order valence-electron chi connectivity index (χ3n) is 12.6. The molecular weight excluding hydrogens is 769 g/mol. The molecule has 1 aliphatic carbocycles. The van der Waals surface area contributed by atoms with Crippen LogP contribution in [0.25, 0.3) is 87.5 Å². The predicted octanol–water partition coefficient (Wildman–Crippen LogP) is 15.5. The summed E-state index contributed by atoms with van der Waals surface area (Å²) in [7, 11) is 0. The minimum absolute atomic E-state index is 0.518. The minimum atomic E-state index is -0.518. The number of hydrogen-bond acceptors (Lipinski definition) is 3. The van der Waals surface area contributed by atoms with Gasteiger partial charge in [-0.05, 0) is 73.8 Å². The van der Waals surface area contributed by atoms with E-state index >= 15 is 0 Å². The lowest BCUT2D eigenvalue weighted by atomic mass is 9.67. The van der Waals surface area contributed by atoms with Crippen LogP contribution in [0.4, 0.5) is 0 Å². The summed E-state index contributed by atoms with van der Waals surface area (Å²) < 4.78 is 2.62. The van der Waals surface area contributed by atoms with Crippen LogP contribution in [0.2, 0.25) is 0 Å². The summed E-state index contributed by atoms with van der Waals surface area (Å²) in [6, 6.07) is 83.3. The fourth-order valence-corrected chi connectivity index (χ4v) is 11.0. The van der Waals surface area contributed by atoms with Crippen molar-refractivity contribution >= 4 is 31.5 Å². The van der Waals surface area contributed by atoms with Crippen LogP contribution in [0, 0.1) is 0 Å². The molecule has 0 radical (unpaired) electrons. The van der Waals surface area contributed by atoms with E-state index in [0.717, 1.165) is 39.2 Å². The van der Waals surface area contributed by atoms with Crippen molar-refractivity contribution in [3.05, 3.63) is 253 Å². The molecule has 0 fully saturated rings. The molecule has 1 aliphatic rings. The quantitative estimate of drug-likeness (QED) is 0.160. The van der Waals surface area contributed by atoms with E-state index in [1.807, 2.05) is 11.3 Å². The van der Waals surface area contributed by atoms with Crippen molar-refractivity contribution < 1.29 is 0 Å². The van der Waals surface area contributed by atoms with Crippen molar-refractivity contribution in [3.8, 4) is 67.3 Å². The maximum atomic E-state index is 5.46. The van der Waals surface area contributed by atoms with E-state index in [0.29, 0.717) is 5.82 Å². The van der Waals surface area contributed by atoms with Crippen LogP contribution in [-0.4, -0.2) is 9.97 Å². The molecule has 2 heterocycles. The zero-order valence-corrected chi connectivity index (χ0v) is 34.6. The highest BCUT2D eigenvalue weighted by Gasteiger charge is 2.46. The Bertz CT molecular complexity index is 3400. The van der Waals surface area contributed by atoms with Gasteiger partial charge in [-0.3, -0.25) is 0 Å². The second kappa shape index (κ2) is 14.8. The first-order valence-electron chi connectivity index (χ1n) is 21.1. The smallest absolute Gasteiger partial charge is 0.161 e. The van der Waals surface area contributed by atoms with E-state index < -0.39 is 5.41 Å². The molecule has 0 bridgehead atoms. The molecule has 9 aromatic carbocycles. The highest BCUT2D eigenvalue weighted by atomic mass is 32.1. The van der Waals surface area contributed by atoms with Crippen LogP contribution < -0.4 is 0 Å². The van der Waals surface area contributed by atoms with Crippen LogP contribution in [0.15, 0.2) is 231 Å². The Kier molecular flexibility index (Phi) is 8.62. The first-order valence-corrected chi connectivity index (χ1v) is 22.0. The topological polar surface area (TPSA) is 25.8 Å². The second-order valence-corrected chi connectivity index (χ2v) is 17.1. The Balaban J connectivity index is 1.05. The molecule has 0 unspecified atom stereocenters. The van der Waals surface area contributed by atoms with Crippen LogP contribution >= 0.6 is 11.3 Å². The molecule has 11 aromatic rings. The van der Waals surface area contributed by atoms with Gasteiger partial charge in [0.2, 0.25) is 0 Å². The summed E-state index contributed by atoms with van der Waals surface area (Å²) in [5.74, 6) is 0.692. The molecule has 0 saturated carbocycles. The Morgan fingerprint density at radius 1 is 0.323 bits per heavy atom. The minimum Gasteiger partial charge on any atom is -0.228 e. The van der Waals surface area contributed by atoms with Gasteiger partial charge in [0.1, 0.15) is 0 Å². The summed E-state index contributed by atoms with van der Waals surface area (Å²) in [5.41, 5.74) is 16.5. The monoisotopic (exact) mass is 806 g/mol. The molecule has 0 saturated heterocycles. The van der Waals surface area contributed by atoms with Gasteiger partial charge in [0, 0.05) is 36.9 Å². The molecule has 3 heteroatoms. The molecule has 2 nitrogen and oxygen atoms in total. The lowest BCUT2D eigenvalue weighted by molar-refractivity contribution is 0.768. The summed E-state index contributed by atoms with van der Waals surface area (Å²) in [4.78, 5) is 10.9. The van der Waals surface area contributed by atoms with Gasteiger partial charge in [-0.25, -0.2) is 9.97 Å². The van der Waals surface area contributed by atoms with Gasteiger partial charge < -0.3 is 0 Å². The Morgan fingerprint density at radius 3 is 1.58 bits per heavy atom. The summed E-state index contributed by atoms with van der Waals surface area (Å²) in [6.07, 6.45) is 0. The standard InChI is InChI=1S/C59H38N2S/c1-4-17-39(18-5-1)45-23-10-11-26-51(45)58-60-54(41-33-31-40(32-34-41)46-27-16-28-50-49-25-13-15-30-56(49)62-57(46)50)38-55(61-58)42-35-36-48-47-24-12-14-29-52(47)59(53(48)37-42,43-19-6-2-7-20-43)44-21-8-3-9-22-44/h1-38H. The van der Waals surface area contributed by atoms with Gasteiger partial charge in [-0.15, -0.1) is 11.3 Å². The van der Waals surface area contributed by atoms with E-state index in [-0.39, 0.29) is 0 Å². The molecule has 0 spiro atoms. The highest BCUT2D eigenvalue weighted by molar-refractivity contribution is 7.26. The molecule has 62 heavy (non-hydrogen) atoms. The van der Waals surface area contributed by atoms with Crippen LogP contribution in [0.5, 0.6) is 0 Å². The summed E-state index contributed by atoms with van der Waals surface area (Å²) in [6.45, 7) is 0. The van der Waals surface area contributed by atoms with Crippen molar-refractivity contribution in [2.75, 3.05) is 0 Å². The predicted molar refractivity (Wildman–Crippen MR) is 259 cm³/mol. The Hall–Kier alpha value is -7.72. The average Bonchev–Trinajstić information content (AvgIpc) is 3.89. The molecule has 0 amide bonds. The van der Waals surface area contributed by atoms with Gasteiger partial charge in [0.05, 0.1) is 16.8 Å². The van der Waals surface area contributed by atoms with Crippen LogP contribution in [0.3, 0.4) is 0 Å². The first kappa shape index (κ1) is 36.2. The fraction of sp³-hybridized carbons (Fsp3) is 0.0169. The zero-order valence-electron chi connectivity index (χ0n) is 33.7. The number of thiophene rings is 1. The van der Waals surface area contributed by atoms with E-state index in [4.69, 9.17) is 9.97 Å². The van der Waals surface area contributed by atoms with Crippen molar-refractivity contribution in [2.24, 2.45) is 0 Å². The van der Waals surface area contributed by atoms with Gasteiger partial charge in [-0.1, -0.05) is 212 Å². The highest BCUT2D eigenvalue weighted by Crippen LogP contribution is 2.56. The molecule has 12 rings (SSSR count). The summed E-state index contributed by atoms with van der Waals surface area (Å²) in [5, 5.41) is 2.61. The maximum Gasteiger partial charge on any atom is 0.161 e. The first-order chi connectivity index (χ1) is 30.7. The molecule has 0 N–H and O–H groups in total. The van der Waals surface area contributed by atoms with Crippen molar-refractivity contribution in [1.82, 2.24) is 9.97 Å². The van der Waals surface area contributed by atoms with E-state index in [1.54, 1.807) is 0 Å². The van der Waals surface area contributed by atoms with E-state index in [2.05, 4.69) is 231 Å². The van der Waals surface area contributed by atoms with Gasteiger partial charge in [0.15, 0.2) is 5.82 Å². The van der Waals surface area contributed by atoms with Gasteiger partial charge in [-0.2, -0.15) is 0 Å². The fourth-order valence-electron chi connectivity index (χ4n) is 9.81. The Morgan fingerprint density at radius 2 is 0.839 bits per heavy atom. The molecular formula is C59H38N2S. The third-order valence-corrected chi connectivity index (χ3v) is 13.8. The zero-order chi connectivity index (χ0) is 41.0. The van der Waals surface area contributed by atoms with Crippen LogP contribution in [-0.2, 0) is 5.41 Å². The number of rotatable bonds is 7. The maximum absolute atomic E-state index is 5.46. The van der Waals surface area contributed by atoms with Crippen molar-refractivity contribution in [1.29, 1.82) is 0 Å². The molecule has 2 aromatic heterocycles. The number of hydrogen-bond donors (Lipinski definition) is 0. The third kappa shape index (κ3) is 5.78. The van der Waals surface area contributed by atoms with Gasteiger partial charge >= 0.3 is 0 Å². The largest absolute Gasteiger partial charge is 0.228 e. The Labute approximate surface area is 365 Å². The lowest BCUT2D eigenvalue weighted by Crippen LogP contribution is -2.28. The molecule has 0 aliphatic heterocycles. The number of fused-ring (bicyclic) bond motifs is 6.